The Labute approximate surface area is 129 Å². The van der Waals surface area contributed by atoms with Gasteiger partial charge in [0.05, 0.1) is 6.54 Å². The number of aliphatic hydroxyl groups is 1. The quantitative estimate of drug-likeness (QED) is 0.944. The molecule has 3 rings (SSSR count). The van der Waals surface area contributed by atoms with Crippen LogP contribution in [0, 0.1) is 5.92 Å². The van der Waals surface area contributed by atoms with Gasteiger partial charge in [-0.25, -0.2) is 4.98 Å². The SMILES string of the molecule is CC(C)C(O)C(=O)N1CCc2oc(-c3ccccc3)nc2C1. The van der Waals surface area contributed by atoms with Crippen molar-refractivity contribution in [1.29, 1.82) is 0 Å². The van der Waals surface area contributed by atoms with Crippen LogP contribution in [0.1, 0.15) is 25.3 Å². The van der Waals surface area contributed by atoms with Crippen LogP contribution >= 0.6 is 0 Å². The molecule has 0 fully saturated rings. The number of amides is 1. The maximum atomic E-state index is 12.2. The van der Waals surface area contributed by atoms with Gasteiger partial charge in [0.25, 0.3) is 5.91 Å². The standard InChI is InChI=1S/C17H20N2O3/c1-11(2)15(20)17(21)19-9-8-14-13(10-19)18-16(22-14)12-6-4-3-5-7-12/h3-7,11,15,20H,8-10H2,1-2H3. The zero-order valence-corrected chi connectivity index (χ0v) is 12.8. The van der Waals surface area contributed by atoms with Gasteiger partial charge < -0.3 is 14.4 Å². The number of aliphatic hydroxyl groups excluding tert-OH is 1. The van der Waals surface area contributed by atoms with E-state index in [1.165, 1.54) is 0 Å². The van der Waals surface area contributed by atoms with Crippen molar-refractivity contribution < 1.29 is 14.3 Å². The highest BCUT2D eigenvalue weighted by molar-refractivity contribution is 5.81. The van der Waals surface area contributed by atoms with E-state index in [0.717, 1.165) is 17.0 Å². The Bertz CT molecular complexity index is 664. The predicted octanol–water partition coefficient (Wildman–Crippen LogP) is 2.24. The highest BCUT2D eigenvalue weighted by Crippen LogP contribution is 2.26. The van der Waals surface area contributed by atoms with Gasteiger partial charge in [0.1, 0.15) is 17.6 Å². The van der Waals surface area contributed by atoms with Gasteiger partial charge in [-0.1, -0.05) is 32.0 Å². The Morgan fingerprint density at radius 2 is 2.05 bits per heavy atom. The molecule has 116 valence electrons. The molecule has 1 amide bonds. The van der Waals surface area contributed by atoms with Gasteiger partial charge in [-0.15, -0.1) is 0 Å². The van der Waals surface area contributed by atoms with Crippen molar-refractivity contribution in [2.75, 3.05) is 6.54 Å². The molecule has 1 atom stereocenters. The Morgan fingerprint density at radius 1 is 1.32 bits per heavy atom. The summed E-state index contributed by atoms with van der Waals surface area (Å²) in [7, 11) is 0. The summed E-state index contributed by atoms with van der Waals surface area (Å²) in [6.45, 7) is 4.62. The lowest BCUT2D eigenvalue weighted by molar-refractivity contribution is -0.143. The molecule has 0 saturated heterocycles. The topological polar surface area (TPSA) is 66.6 Å². The highest BCUT2D eigenvalue weighted by atomic mass is 16.4. The van der Waals surface area contributed by atoms with Gasteiger partial charge in [-0.3, -0.25) is 4.79 Å². The minimum Gasteiger partial charge on any atom is -0.441 e. The van der Waals surface area contributed by atoms with Gasteiger partial charge in [-0.2, -0.15) is 0 Å². The van der Waals surface area contributed by atoms with Crippen LogP contribution in [0.15, 0.2) is 34.7 Å². The van der Waals surface area contributed by atoms with E-state index < -0.39 is 6.10 Å². The van der Waals surface area contributed by atoms with Gasteiger partial charge >= 0.3 is 0 Å². The van der Waals surface area contributed by atoms with Crippen LogP contribution in [0.5, 0.6) is 0 Å². The molecular formula is C17H20N2O3. The number of aromatic nitrogens is 1. The maximum Gasteiger partial charge on any atom is 0.252 e. The van der Waals surface area contributed by atoms with Gasteiger partial charge in [0.2, 0.25) is 5.89 Å². The Balaban J connectivity index is 1.79. The average Bonchev–Trinajstić information content (AvgIpc) is 2.97. The van der Waals surface area contributed by atoms with Crippen molar-refractivity contribution in [3.05, 3.63) is 41.8 Å². The van der Waals surface area contributed by atoms with E-state index in [9.17, 15) is 9.90 Å². The van der Waals surface area contributed by atoms with Crippen molar-refractivity contribution in [2.24, 2.45) is 5.92 Å². The first kappa shape index (κ1) is 14.8. The monoisotopic (exact) mass is 300 g/mol. The third-order valence-corrected chi connectivity index (χ3v) is 3.94. The second-order valence-electron chi connectivity index (χ2n) is 5.95. The molecular weight excluding hydrogens is 280 g/mol. The molecule has 1 aliphatic rings. The van der Waals surface area contributed by atoms with Gasteiger partial charge in [0.15, 0.2) is 0 Å². The van der Waals surface area contributed by atoms with Crippen LogP contribution in [-0.4, -0.2) is 33.5 Å². The summed E-state index contributed by atoms with van der Waals surface area (Å²) in [6.07, 6.45) is -0.326. The molecule has 0 spiro atoms. The first-order valence-corrected chi connectivity index (χ1v) is 7.57. The number of benzene rings is 1. The van der Waals surface area contributed by atoms with Crippen molar-refractivity contribution in [2.45, 2.75) is 32.9 Å². The lowest BCUT2D eigenvalue weighted by Gasteiger charge is -2.28. The first-order valence-electron chi connectivity index (χ1n) is 7.57. The minimum atomic E-state index is -0.956. The summed E-state index contributed by atoms with van der Waals surface area (Å²) in [4.78, 5) is 18.4. The van der Waals surface area contributed by atoms with Crippen molar-refractivity contribution >= 4 is 5.91 Å². The van der Waals surface area contributed by atoms with E-state index in [1.54, 1.807) is 4.90 Å². The number of hydrogen-bond acceptors (Lipinski definition) is 4. The Morgan fingerprint density at radius 3 is 2.73 bits per heavy atom. The number of rotatable bonds is 3. The van der Waals surface area contributed by atoms with Crippen LogP contribution in [0.4, 0.5) is 0 Å². The van der Waals surface area contributed by atoms with Crippen LogP contribution in [-0.2, 0) is 17.8 Å². The minimum absolute atomic E-state index is 0.0916. The smallest absolute Gasteiger partial charge is 0.252 e. The fraction of sp³-hybridized carbons (Fsp3) is 0.412. The molecule has 2 aromatic rings. The number of hydrogen-bond donors (Lipinski definition) is 1. The lowest BCUT2D eigenvalue weighted by Crippen LogP contribution is -2.43. The normalized spacial score (nSPS) is 15.7. The average molecular weight is 300 g/mol. The number of nitrogens with zero attached hydrogens (tertiary/aromatic N) is 2. The Hall–Kier alpha value is -2.14. The van der Waals surface area contributed by atoms with Crippen molar-refractivity contribution in [3.63, 3.8) is 0 Å². The van der Waals surface area contributed by atoms with E-state index in [2.05, 4.69) is 4.98 Å². The van der Waals surface area contributed by atoms with E-state index in [-0.39, 0.29) is 11.8 Å². The van der Waals surface area contributed by atoms with Crippen LogP contribution < -0.4 is 0 Å². The summed E-state index contributed by atoms with van der Waals surface area (Å²) < 4.78 is 5.82. The Kier molecular flexibility index (Phi) is 3.98. The first-order chi connectivity index (χ1) is 10.6. The highest BCUT2D eigenvalue weighted by Gasteiger charge is 2.30. The molecule has 22 heavy (non-hydrogen) atoms. The van der Waals surface area contributed by atoms with Crippen molar-refractivity contribution in [3.8, 4) is 11.5 Å². The zero-order valence-electron chi connectivity index (χ0n) is 12.8. The number of carbonyl (C=O) groups excluding carboxylic acids is 1. The van der Waals surface area contributed by atoms with Crippen LogP contribution in [0.2, 0.25) is 0 Å². The number of oxazole rings is 1. The molecule has 1 aliphatic heterocycles. The van der Waals surface area contributed by atoms with Crippen molar-refractivity contribution in [1.82, 2.24) is 9.88 Å². The summed E-state index contributed by atoms with van der Waals surface area (Å²) in [5.74, 6) is 1.10. The fourth-order valence-electron chi connectivity index (χ4n) is 2.56. The molecule has 1 aromatic heterocycles. The maximum absolute atomic E-state index is 12.2. The molecule has 1 N–H and O–H groups in total. The predicted molar refractivity (Wildman–Crippen MR) is 81.9 cm³/mol. The number of carbonyl (C=O) groups is 1. The lowest BCUT2D eigenvalue weighted by atomic mass is 10.0. The molecule has 0 saturated carbocycles. The molecule has 0 aliphatic carbocycles. The number of fused-ring (bicyclic) bond motifs is 1. The van der Waals surface area contributed by atoms with Crippen LogP contribution in [0.3, 0.4) is 0 Å². The second-order valence-corrected chi connectivity index (χ2v) is 5.95. The van der Waals surface area contributed by atoms with Gasteiger partial charge in [0, 0.05) is 18.5 Å². The van der Waals surface area contributed by atoms with Gasteiger partial charge in [-0.05, 0) is 18.1 Å². The van der Waals surface area contributed by atoms with E-state index in [1.807, 2.05) is 44.2 Å². The van der Waals surface area contributed by atoms with Crippen LogP contribution in [0.25, 0.3) is 11.5 Å². The molecule has 5 nitrogen and oxygen atoms in total. The van der Waals surface area contributed by atoms with E-state index in [4.69, 9.17) is 4.42 Å². The summed E-state index contributed by atoms with van der Waals surface area (Å²) in [6, 6.07) is 9.71. The molecule has 5 heteroatoms. The van der Waals surface area contributed by atoms with E-state index >= 15 is 0 Å². The second kappa shape index (κ2) is 5.93. The molecule has 0 radical (unpaired) electrons. The summed E-state index contributed by atoms with van der Waals surface area (Å²) in [5, 5.41) is 9.94. The molecule has 2 heterocycles. The summed E-state index contributed by atoms with van der Waals surface area (Å²) >= 11 is 0. The zero-order chi connectivity index (χ0) is 15.7. The third-order valence-electron chi connectivity index (χ3n) is 3.94. The largest absolute Gasteiger partial charge is 0.441 e. The fourth-order valence-corrected chi connectivity index (χ4v) is 2.56. The molecule has 1 unspecified atom stereocenters. The van der Waals surface area contributed by atoms with E-state index in [0.29, 0.717) is 25.4 Å². The molecule has 0 bridgehead atoms. The third kappa shape index (κ3) is 2.76. The molecule has 1 aromatic carbocycles. The summed E-state index contributed by atoms with van der Waals surface area (Å²) in [5.41, 5.74) is 1.71.